The standard InChI is InChI=1S/C29H38N8O6/c1-17(24(38)25(30)39)33-27(41)22-13-20(37-23(15-32-35-37)29(2,3)43)16-36(22)28(42)21(12-18-8-5-4-6-9-18)34-26(40)19-10-7-11-31-14-19/h7,10-11,14-15,17-18,20,22,43H,4-6,8-9,12-13,16H2,1-3H3,(H2,30,39)(H,33,41)/b34-21+/t17?,20-,22-/m0/s1. The van der Waals surface area contributed by atoms with Gasteiger partial charge in [0.05, 0.1) is 29.5 Å². The Labute approximate surface area is 249 Å². The Morgan fingerprint density at radius 2 is 1.88 bits per heavy atom. The van der Waals surface area contributed by atoms with Crippen molar-refractivity contribution in [3.8, 4) is 0 Å². The van der Waals surface area contributed by atoms with E-state index in [2.05, 4.69) is 25.6 Å². The van der Waals surface area contributed by atoms with E-state index in [1.165, 1.54) is 35.1 Å². The molecule has 1 saturated carbocycles. The van der Waals surface area contributed by atoms with Gasteiger partial charge in [0.2, 0.25) is 11.7 Å². The van der Waals surface area contributed by atoms with Crippen LogP contribution in [0, 0.1) is 5.92 Å². The highest BCUT2D eigenvalue weighted by Gasteiger charge is 2.44. The van der Waals surface area contributed by atoms with Gasteiger partial charge in [0.1, 0.15) is 17.4 Å². The van der Waals surface area contributed by atoms with Gasteiger partial charge in [-0.05, 0) is 45.2 Å². The van der Waals surface area contributed by atoms with Gasteiger partial charge in [-0.3, -0.25) is 29.0 Å². The lowest BCUT2D eigenvalue weighted by Crippen LogP contribution is -2.52. The number of likely N-dealkylation sites (tertiary alicyclic amines) is 1. The third kappa shape index (κ3) is 7.55. The molecular weight excluding hydrogens is 556 g/mol. The lowest BCUT2D eigenvalue weighted by Gasteiger charge is -2.27. The lowest BCUT2D eigenvalue weighted by molar-refractivity contribution is -0.139. The highest BCUT2D eigenvalue weighted by atomic mass is 16.3. The molecule has 4 N–H and O–H groups in total. The Morgan fingerprint density at radius 3 is 2.51 bits per heavy atom. The number of aromatic nitrogens is 4. The molecule has 0 aromatic carbocycles. The van der Waals surface area contributed by atoms with Crippen LogP contribution in [-0.4, -0.2) is 83.7 Å². The first-order valence-electron chi connectivity index (χ1n) is 14.5. The van der Waals surface area contributed by atoms with Crippen molar-refractivity contribution in [2.75, 3.05) is 6.54 Å². The number of nitrogens with zero attached hydrogens (tertiary/aromatic N) is 6. The van der Waals surface area contributed by atoms with Gasteiger partial charge in [-0.25, -0.2) is 9.67 Å². The van der Waals surface area contributed by atoms with Crippen LogP contribution in [0.15, 0.2) is 35.7 Å². The van der Waals surface area contributed by atoms with Crippen molar-refractivity contribution >= 4 is 35.1 Å². The van der Waals surface area contributed by atoms with Crippen molar-refractivity contribution < 1.29 is 29.1 Å². The van der Waals surface area contributed by atoms with Crippen molar-refractivity contribution in [1.82, 2.24) is 30.2 Å². The van der Waals surface area contributed by atoms with Crippen molar-refractivity contribution in [1.29, 1.82) is 0 Å². The molecule has 230 valence electrons. The predicted molar refractivity (Wildman–Crippen MR) is 153 cm³/mol. The molecule has 0 bridgehead atoms. The molecule has 14 heteroatoms. The number of hydrogen-bond acceptors (Lipinski definition) is 9. The molecular formula is C29H38N8O6. The summed E-state index contributed by atoms with van der Waals surface area (Å²) in [5.41, 5.74) is 4.43. The minimum absolute atomic E-state index is 0.00766. The van der Waals surface area contributed by atoms with Crippen molar-refractivity contribution in [3.63, 3.8) is 0 Å². The summed E-state index contributed by atoms with van der Waals surface area (Å²) in [7, 11) is 0. The minimum atomic E-state index is -1.31. The summed E-state index contributed by atoms with van der Waals surface area (Å²) >= 11 is 0. The van der Waals surface area contributed by atoms with E-state index in [0.29, 0.717) is 5.69 Å². The van der Waals surface area contributed by atoms with Gasteiger partial charge in [-0.15, -0.1) is 5.10 Å². The van der Waals surface area contributed by atoms with E-state index in [0.717, 1.165) is 32.1 Å². The second-order valence-electron chi connectivity index (χ2n) is 11.8. The monoisotopic (exact) mass is 594 g/mol. The topological polar surface area (TPSA) is 203 Å². The third-order valence-corrected chi connectivity index (χ3v) is 7.98. The maximum absolute atomic E-state index is 14.2. The molecule has 3 atom stereocenters. The first kappa shape index (κ1) is 31.6. The zero-order valence-corrected chi connectivity index (χ0v) is 24.6. The number of primary amides is 1. The highest BCUT2D eigenvalue weighted by molar-refractivity contribution is 6.41. The number of amides is 4. The average Bonchev–Trinajstić information content (AvgIpc) is 3.65. The summed E-state index contributed by atoms with van der Waals surface area (Å²) in [6.45, 7) is 4.46. The van der Waals surface area contributed by atoms with E-state index < -0.39 is 53.1 Å². The van der Waals surface area contributed by atoms with E-state index >= 15 is 0 Å². The van der Waals surface area contributed by atoms with E-state index in [1.807, 2.05) is 0 Å². The van der Waals surface area contributed by atoms with Crippen molar-refractivity contribution in [2.45, 2.75) is 89.4 Å². The van der Waals surface area contributed by atoms with Crippen molar-refractivity contribution in [2.24, 2.45) is 16.6 Å². The van der Waals surface area contributed by atoms with Gasteiger partial charge in [0.15, 0.2) is 0 Å². The van der Waals surface area contributed by atoms with Crippen LogP contribution >= 0.6 is 0 Å². The largest absolute Gasteiger partial charge is 0.384 e. The molecule has 1 saturated heterocycles. The summed E-state index contributed by atoms with van der Waals surface area (Å²) in [6, 6.07) is 0.259. The number of aliphatic hydroxyl groups is 1. The van der Waals surface area contributed by atoms with E-state index in [1.54, 1.807) is 26.0 Å². The molecule has 0 spiro atoms. The fourth-order valence-corrected chi connectivity index (χ4v) is 5.69. The fraction of sp³-hybridized carbons (Fsp3) is 0.552. The van der Waals surface area contributed by atoms with Crippen LogP contribution in [0.1, 0.15) is 87.8 Å². The Morgan fingerprint density at radius 1 is 1.16 bits per heavy atom. The summed E-state index contributed by atoms with van der Waals surface area (Å²) in [5, 5.41) is 21.2. The Balaban J connectivity index is 1.69. The molecule has 0 radical (unpaired) electrons. The van der Waals surface area contributed by atoms with E-state index in [-0.39, 0.29) is 36.6 Å². The number of nitrogens with one attached hydrogen (secondary N) is 1. The molecule has 3 heterocycles. The SMILES string of the molecule is CC(NC(=O)[C@@H]1C[C@H](n2nncc2C(C)(C)O)CN1C(=O)/C(CC1CCCCC1)=N/C(=O)c1cccnc1)C(=O)C(N)=O. The summed E-state index contributed by atoms with van der Waals surface area (Å²) in [6.07, 6.45) is 9.54. The second kappa shape index (κ2) is 13.3. The number of nitrogens with two attached hydrogens (primary N) is 1. The average molecular weight is 595 g/mol. The molecule has 14 nitrogen and oxygen atoms in total. The zero-order chi connectivity index (χ0) is 31.3. The molecule has 4 amide bonds. The molecule has 4 rings (SSSR count). The van der Waals surface area contributed by atoms with Crippen molar-refractivity contribution in [3.05, 3.63) is 42.0 Å². The van der Waals surface area contributed by atoms with Gasteiger partial charge in [0.25, 0.3) is 17.7 Å². The quantitative estimate of drug-likeness (QED) is 0.263. The van der Waals surface area contributed by atoms with Gasteiger partial charge < -0.3 is 21.1 Å². The van der Waals surface area contributed by atoms with Crippen LogP contribution in [0.25, 0.3) is 0 Å². The smallest absolute Gasteiger partial charge is 0.287 e. The third-order valence-electron chi connectivity index (χ3n) is 7.98. The number of Topliss-reactive ketones (excluding diaryl/α,β-unsaturated/α-hetero) is 1. The Hall–Kier alpha value is -4.33. The lowest BCUT2D eigenvalue weighted by atomic mass is 9.85. The molecule has 1 aliphatic carbocycles. The fourth-order valence-electron chi connectivity index (χ4n) is 5.69. The number of rotatable bonds is 10. The first-order chi connectivity index (χ1) is 20.4. The van der Waals surface area contributed by atoms with Crippen LogP contribution in [0.2, 0.25) is 0 Å². The highest BCUT2D eigenvalue weighted by Crippen LogP contribution is 2.33. The van der Waals surface area contributed by atoms with Crippen LogP contribution in [-0.2, 0) is 24.8 Å². The summed E-state index contributed by atoms with van der Waals surface area (Å²) < 4.78 is 1.48. The van der Waals surface area contributed by atoms with Crippen LogP contribution < -0.4 is 11.1 Å². The number of pyridine rings is 1. The molecule has 2 fully saturated rings. The Kier molecular flexibility index (Phi) is 9.79. The molecule has 43 heavy (non-hydrogen) atoms. The van der Waals surface area contributed by atoms with E-state index in [9.17, 15) is 29.1 Å². The van der Waals surface area contributed by atoms with Gasteiger partial charge >= 0.3 is 0 Å². The number of carbonyl (C=O) groups is 5. The number of carbonyl (C=O) groups excluding carboxylic acids is 5. The van der Waals surface area contributed by atoms with Gasteiger partial charge in [-0.2, -0.15) is 0 Å². The molecule has 2 aromatic heterocycles. The molecule has 1 unspecified atom stereocenters. The molecule has 1 aliphatic heterocycles. The van der Waals surface area contributed by atoms with Crippen LogP contribution in [0.5, 0.6) is 0 Å². The summed E-state index contributed by atoms with van der Waals surface area (Å²) in [5.74, 6) is -3.93. The van der Waals surface area contributed by atoms with Gasteiger partial charge in [0, 0.05) is 25.4 Å². The van der Waals surface area contributed by atoms with Gasteiger partial charge in [-0.1, -0.05) is 37.3 Å². The first-order valence-corrected chi connectivity index (χ1v) is 14.5. The zero-order valence-electron chi connectivity index (χ0n) is 24.6. The Bertz CT molecular complexity index is 1390. The maximum Gasteiger partial charge on any atom is 0.287 e. The number of hydrogen-bond donors (Lipinski definition) is 3. The molecule has 2 aliphatic rings. The minimum Gasteiger partial charge on any atom is -0.384 e. The predicted octanol–water partition coefficient (Wildman–Crippen LogP) is 0.853. The maximum atomic E-state index is 14.2. The summed E-state index contributed by atoms with van der Waals surface area (Å²) in [4.78, 5) is 74.0. The second-order valence-corrected chi connectivity index (χ2v) is 11.8. The van der Waals surface area contributed by atoms with Crippen LogP contribution in [0.4, 0.5) is 0 Å². The normalized spacial score (nSPS) is 20.5. The number of ketones is 1. The van der Waals surface area contributed by atoms with E-state index in [4.69, 9.17) is 5.73 Å². The van der Waals surface area contributed by atoms with Crippen LogP contribution in [0.3, 0.4) is 0 Å². The molecule has 2 aromatic rings. The number of aliphatic imine (C=N–C) groups is 1.